The quantitative estimate of drug-likeness (QED) is 0.396. The third-order valence-corrected chi connectivity index (χ3v) is 4.96. The Morgan fingerprint density at radius 2 is 1.85 bits per heavy atom. The predicted octanol–water partition coefficient (Wildman–Crippen LogP) is 6.47. The monoisotopic (exact) mass is 440 g/mol. The van der Waals surface area contributed by atoms with E-state index in [4.69, 9.17) is 16.0 Å². The molecule has 0 atom stereocenters. The van der Waals surface area contributed by atoms with Crippen LogP contribution in [0.4, 0.5) is 5.69 Å². The number of fused-ring (bicyclic) bond motifs is 1. The second-order valence-electron chi connectivity index (χ2n) is 6.15. The molecule has 1 heterocycles. The van der Waals surface area contributed by atoms with Gasteiger partial charge in [0.05, 0.1) is 10.6 Å². The van der Waals surface area contributed by atoms with E-state index >= 15 is 0 Å². The summed E-state index contributed by atoms with van der Waals surface area (Å²) in [7, 11) is 0. The zero-order valence-corrected chi connectivity index (χ0v) is 16.6. The Balaban J connectivity index is 1.66. The minimum atomic E-state index is -0.205. The number of rotatable bonds is 3. The van der Waals surface area contributed by atoms with E-state index in [2.05, 4.69) is 26.2 Å². The first kappa shape index (κ1) is 17.8. The highest BCUT2D eigenvalue weighted by Gasteiger charge is 2.14. The first-order valence-electron chi connectivity index (χ1n) is 8.23. The number of carbonyl (C=O) groups excluding carboxylic acids is 1. The average molecular weight is 442 g/mol. The van der Waals surface area contributed by atoms with Crippen molar-refractivity contribution < 1.29 is 9.21 Å². The van der Waals surface area contributed by atoms with Gasteiger partial charge in [0.15, 0.2) is 5.58 Å². The third-order valence-electron chi connectivity index (χ3n) is 4.10. The summed E-state index contributed by atoms with van der Waals surface area (Å²) in [5, 5.41) is 3.38. The SMILES string of the molecule is Cc1ccc2oc(-c3cc(NC(=O)c4ccc(Br)cc4)ccc3Cl)nc2c1. The lowest BCUT2D eigenvalue weighted by atomic mass is 10.1. The molecule has 1 amide bonds. The topological polar surface area (TPSA) is 55.1 Å². The summed E-state index contributed by atoms with van der Waals surface area (Å²) in [6, 6.07) is 18.2. The highest BCUT2D eigenvalue weighted by atomic mass is 79.9. The molecular formula is C21H14BrClN2O2. The van der Waals surface area contributed by atoms with Crippen LogP contribution < -0.4 is 5.32 Å². The maximum atomic E-state index is 12.4. The molecule has 0 spiro atoms. The fourth-order valence-corrected chi connectivity index (χ4v) is 3.19. The minimum absolute atomic E-state index is 0.205. The number of amides is 1. The molecule has 6 heteroatoms. The Morgan fingerprint density at radius 1 is 1.07 bits per heavy atom. The fourth-order valence-electron chi connectivity index (χ4n) is 2.72. The van der Waals surface area contributed by atoms with E-state index in [0.29, 0.717) is 33.3 Å². The van der Waals surface area contributed by atoms with Crippen molar-refractivity contribution in [1.29, 1.82) is 0 Å². The lowest BCUT2D eigenvalue weighted by molar-refractivity contribution is 0.102. The largest absolute Gasteiger partial charge is 0.436 e. The first-order chi connectivity index (χ1) is 13.0. The molecule has 0 aliphatic rings. The summed E-state index contributed by atoms with van der Waals surface area (Å²) in [6.45, 7) is 2.00. The van der Waals surface area contributed by atoms with Crippen LogP contribution in [0.2, 0.25) is 5.02 Å². The number of nitrogens with one attached hydrogen (secondary N) is 1. The van der Waals surface area contributed by atoms with Crippen molar-refractivity contribution in [2.45, 2.75) is 6.92 Å². The van der Waals surface area contributed by atoms with Crippen LogP contribution in [-0.2, 0) is 0 Å². The van der Waals surface area contributed by atoms with Crippen LogP contribution in [-0.4, -0.2) is 10.9 Å². The molecule has 0 bridgehead atoms. The number of carbonyl (C=O) groups is 1. The smallest absolute Gasteiger partial charge is 0.255 e. The normalized spacial score (nSPS) is 10.9. The van der Waals surface area contributed by atoms with Gasteiger partial charge in [-0.3, -0.25) is 4.79 Å². The minimum Gasteiger partial charge on any atom is -0.436 e. The Labute approximate surface area is 169 Å². The Bertz CT molecular complexity index is 1150. The van der Waals surface area contributed by atoms with E-state index < -0.39 is 0 Å². The van der Waals surface area contributed by atoms with Gasteiger partial charge in [0.1, 0.15) is 5.52 Å². The molecule has 0 aliphatic heterocycles. The number of hydrogen-bond donors (Lipinski definition) is 1. The zero-order chi connectivity index (χ0) is 19.0. The Kier molecular flexibility index (Phi) is 4.72. The van der Waals surface area contributed by atoms with E-state index in [-0.39, 0.29) is 5.91 Å². The summed E-state index contributed by atoms with van der Waals surface area (Å²) in [5.41, 5.74) is 4.36. The van der Waals surface area contributed by atoms with Gasteiger partial charge in [0.2, 0.25) is 5.89 Å². The number of aromatic nitrogens is 1. The van der Waals surface area contributed by atoms with E-state index in [1.54, 1.807) is 30.3 Å². The van der Waals surface area contributed by atoms with Gasteiger partial charge in [-0.1, -0.05) is 33.6 Å². The molecule has 0 aliphatic carbocycles. The van der Waals surface area contributed by atoms with Crippen LogP contribution in [0.25, 0.3) is 22.6 Å². The molecule has 0 saturated heterocycles. The number of aryl methyl sites for hydroxylation is 1. The van der Waals surface area contributed by atoms with Gasteiger partial charge in [-0.15, -0.1) is 0 Å². The van der Waals surface area contributed by atoms with Gasteiger partial charge in [-0.2, -0.15) is 0 Å². The maximum Gasteiger partial charge on any atom is 0.255 e. The predicted molar refractivity (Wildman–Crippen MR) is 111 cm³/mol. The number of oxazole rings is 1. The molecule has 0 saturated carbocycles. The second-order valence-corrected chi connectivity index (χ2v) is 7.47. The molecule has 0 radical (unpaired) electrons. The molecule has 4 aromatic rings. The molecule has 134 valence electrons. The molecular weight excluding hydrogens is 428 g/mol. The highest BCUT2D eigenvalue weighted by molar-refractivity contribution is 9.10. The first-order valence-corrected chi connectivity index (χ1v) is 9.41. The molecule has 27 heavy (non-hydrogen) atoms. The van der Waals surface area contributed by atoms with Crippen molar-refractivity contribution in [3.8, 4) is 11.5 Å². The highest BCUT2D eigenvalue weighted by Crippen LogP contribution is 2.32. The average Bonchev–Trinajstić information content (AvgIpc) is 3.06. The summed E-state index contributed by atoms with van der Waals surface area (Å²) >= 11 is 9.70. The summed E-state index contributed by atoms with van der Waals surface area (Å²) in [5.74, 6) is 0.212. The molecule has 0 unspecified atom stereocenters. The van der Waals surface area contributed by atoms with Gasteiger partial charge in [-0.25, -0.2) is 4.98 Å². The maximum absolute atomic E-state index is 12.4. The van der Waals surface area contributed by atoms with Crippen molar-refractivity contribution in [1.82, 2.24) is 4.98 Å². The van der Waals surface area contributed by atoms with Gasteiger partial charge in [-0.05, 0) is 67.1 Å². The lowest BCUT2D eigenvalue weighted by Gasteiger charge is -2.08. The van der Waals surface area contributed by atoms with Crippen molar-refractivity contribution in [2.75, 3.05) is 5.32 Å². The Morgan fingerprint density at radius 3 is 2.63 bits per heavy atom. The standard InChI is InChI=1S/C21H14BrClN2O2/c1-12-2-9-19-18(10-12)25-21(27-19)16-11-15(7-8-17(16)23)24-20(26)13-3-5-14(22)6-4-13/h2-11H,1H3,(H,24,26). The van der Waals surface area contributed by atoms with Crippen molar-refractivity contribution in [3.63, 3.8) is 0 Å². The second kappa shape index (κ2) is 7.18. The van der Waals surface area contributed by atoms with Gasteiger partial charge in [0.25, 0.3) is 5.91 Å². The number of benzene rings is 3. The van der Waals surface area contributed by atoms with E-state index in [9.17, 15) is 4.79 Å². The molecule has 4 nitrogen and oxygen atoms in total. The van der Waals surface area contributed by atoms with Gasteiger partial charge in [0, 0.05) is 15.7 Å². The van der Waals surface area contributed by atoms with Crippen LogP contribution in [0, 0.1) is 6.92 Å². The summed E-state index contributed by atoms with van der Waals surface area (Å²) in [6.07, 6.45) is 0. The fraction of sp³-hybridized carbons (Fsp3) is 0.0476. The molecule has 1 aromatic heterocycles. The van der Waals surface area contributed by atoms with Crippen molar-refractivity contribution >= 4 is 50.2 Å². The van der Waals surface area contributed by atoms with E-state index in [0.717, 1.165) is 15.6 Å². The van der Waals surface area contributed by atoms with Gasteiger partial charge >= 0.3 is 0 Å². The molecule has 4 rings (SSSR count). The third kappa shape index (κ3) is 3.75. The molecule has 1 N–H and O–H groups in total. The summed E-state index contributed by atoms with van der Waals surface area (Å²) < 4.78 is 6.75. The number of halogens is 2. The van der Waals surface area contributed by atoms with Crippen LogP contribution in [0.5, 0.6) is 0 Å². The van der Waals surface area contributed by atoms with Gasteiger partial charge < -0.3 is 9.73 Å². The van der Waals surface area contributed by atoms with Crippen molar-refractivity contribution in [2.24, 2.45) is 0 Å². The molecule has 3 aromatic carbocycles. The number of nitrogens with zero attached hydrogens (tertiary/aromatic N) is 1. The van der Waals surface area contributed by atoms with E-state index in [1.807, 2.05) is 37.3 Å². The van der Waals surface area contributed by atoms with E-state index in [1.165, 1.54) is 0 Å². The van der Waals surface area contributed by atoms with Crippen molar-refractivity contribution in [3.05, 3.63) is 81.3 Å². The summed E-state index contributed by atoms with van der Waals surface area (Å²) in [4.78, 5) is 17.0. The number of anilines is 1. The van der Waals surface area contributed by atoms with Crippen LogP contribution in [0.15, 0.2) is 69.6 Å². The lowest BCUT2D eigenvalue weighted by Crippen LogP contribution is -2.11. The molecule has 0 fully saturated rings. The van der Waals surface area contributed by atoms with Crippen LogP contribution >= 0.6 is 27.5 Å². The number of hydrogen-bond acceptors (Lipinski definition) is 3. The van der Waals surface area contributed by atoms with Crippen LogP contribution in [0.3, 0.4) is 0 Å². The Hall–Kier alpha value is -2.63. The zero-order valence-electron chi connectivity index (χ0n) is 14.3. The van der Waals surface area contributed by atoms with Crippen LogP contribution in [0.1, 0.15) is 15.9 Å².